The van der Waals surface area contributed by atoms with E-state index in [-0.39, 0.29) is 11.9 Å². The molecule has 1 N–H and O–H groups in total. The van der Waals surface area contributed by atoms with Gasteiger partial charge in [-0.3, -0.25) is 9.59 Å². The van der Waals surface area contributed by atoms with Crippen molar-refractivity contribution < 1.29 is 24.2 Å². The van der Waals surface area contributed by atoms with Crippen molar-refractivity contribution in [1.29, 1.82) is 0 Å². The molecule has 2 atom stereocenters. The van der Waals surface area contributed by atoms with E-state index in [1.54, 1.807) is 16.7 Å². The topological polar surface area (TPSA) is 76.1 Å². The first kappa shape index (κ1) is 18.9. The lowest BCUT2D eigenvalue weighted by Crippen LogP contribution is -2.49. The second kappa shape index (κ2) is 8.66. The summed E-state index contributed by atoms with van der Waals surface area (Å²) in [5, 5.41) is 9.29. The molecule has 0 aliphatic carbocycles. The summed E-state index contributed by atoms with van der Waals surface area (Å²) >= 11 is 1.60. The van der Waals surface area contributed by atoms with Gasteiger partial charge >= 0.3 is 5.97 Å². The van der Waals surface area contributed by atoms with Crippen LogP contribution in [-0.2, 0) is 9.59 Å². The number of benzene rings is 1. The highest BCUT2D eigenvalue weighted by Crippen LogP contribution is 2.34. The summed E-state index contributed by atoms with van der Waals surface area (Å²) in [4.78, 5) is 26.6. The fourth-order valence-electron chi connectivity index (χ4n) is 3.46. The van der Waals surface area contributed by atoms with Crippen LogP contribution in [0.1, 0.15) is 32.6 Å². The van der Waals surface area contributed by atoms with E-state index in [4.69, 9.17) is 9.47 Å². The number of thioether (sulfide) groups is 1. The van der Waals surface area contributed by atoms with Gasteiger partial charge in [-0.1, -0.05) is 0 Å². The highest BCUT2D eigenvalue weighted by molar-refractivity contribution is 7.99. The minimum absolute atomic E-state index is 0.0327. The molecule has 0 saturated carbocycles. The molecule has 0 aromatic heterocycles. The van der Waals surface area contributed by atoms with E-state index >= 15 is 0 Å². The number of rotatable bonds is 5. The molecule has 1 fully saturated rings. The summed E-state index contributed by atoms with van der Waals surface area (Å²) in [5.74, 6) is 0.945. The maximum absolute atomic E-state index is 12.5. The summed E-state index contributed by atoms with van der Waals surface area (Å²) in [7, 11) is 0. The number of carboxylic acid groups (broad SMARTS) is 1. The van der Waals surface area contributed by atoms with E-state index in [0.717, 1.165) is 29.2 Å². The van der Waals surface area contributed by atoms with Crippen LogP contribution in [0.5, 0.6) is 11.5 Å². The van der Waals surface area contributed by atoms with Crippen LogP contribution in [0.2, 0.25) is 0 Å². The molecule has 1 aromatic rings. The van der Waals surface area contributed by atoms with Crippen LogP contribution in [0.3, 0.4) is 0 Å². The zero-order chi connectivity index (χ0) is 18.5. The summed E-state index contributed by atoms with van der Waals surface area (Å²) in [6, 6.07) is 5.61. The van der Waals surface area contributed by atoms with Crippen LogP contribution < -0.4 is 9.47 Å². The number of carbonyl (C=O) groups is 2. The predicted molar refractivity (Wildman–Crippen MR) is 98.9 cm³/mol. The molecule has 0 radical (unpaired) electrons. The van der Waals surface area contributed by atoms with Gasteiger partial charge in [-0.25, -0.2) is 0 Å². The number of nitrogens with zero attached hydrogens (tertiary/aromatic N) is 1. The van der Waals surface area contributed by atoms with Crippen molar-refractivity contribution in [2.75, 3.05) is 25.5 Å². The number of carbonyl (C=O) groups excluding carboxylic acids is 1. The molecule has 1 amide bonds. The number of piperidine rings is 1. The Morgan fingerprint density at radius 3 is 2.77 bits per heavy atom. The number of hydrogen-bond donors (Lipinski definition) is 1. The Bertz CT molecular complexity index is 665. The van der Waals surface area contributed by atoms with Crippen molar-refractivity contribution in [3.05, 3.63) is 18.2 Å². The van der Waals surface area contributed by atoms with Crippen LogP contribution in [0.4, 0.5) is 0 Å². The number of amides is 1. The van der Waals surface area contributed by atoms with Gasteiger partial charge in [0.2, 0.25) is 5.91 Å². The Morgan fingerprint density at radius 2 is 2.00 bits per heavy atom. The predicted octanol–water partition coefficient (Wildman–Crippen LogP) is 3.04. The number of fused-ring (bicyclic) bond motifs is 1. The van der Waals surface area contributed by atoms with E-state index < -0.39 is 11.9 Å². The van der Waals surface area contributed by atoms with Crippen molar-refractivity contribution in [2.24, 2.45) is 5.92 Å². The minimum atomic E-state index is -0.809. The molecule has 2 heterocycles. The molecule has 3 rings (SSSR count). The summed E-state index contributed by atoms with van der Waals surface area (Å²) < 4.78 is 11.3. The number of hydrogen-bond acceptors (Lipinski definition) is 5. The lowest BCUT2D eigenvalue weighted by atomic mass is 9.90. The summed E-state index contributed by atoms with van der Waals surface area (Å²) in [5.41, 5.74) is 0. The van der Waals surface area contributed by atoms with Crippen molar-refractivity contribution in [1.82, 2.24) is 4.90 Å². The Morgan fingerprint density at radius 1 is 1.23 bits per heavy atom. The number of ether oxygens (including phenoxy) is 2. The Kier molecular flexibility index (Phi) is 6.29. The highest BCUT2D eigenvalue weighted by atomic mass is 32.2. The number of likely N-dealkylation sites (tertiary alicyclic amines) is 1. The van der Waals surface area contributed by atoms with Gasteiger partial charge in [0.1, 0.15) is 0 Å². The lowest BCUT2D eigenvalue weighted by molar-refractivity contribution is -0.148. The molecule has 6 nitrogen and oxygen atoms in total. The van der Waals surface area contributed by atoms with Gasteiger partial charge in [0.25, 0.3) is 0 Å². The normalized spacial score (nSPS) is 22.6. The van der Waals surface area contributed by atoms with E-state index in [2.05, 4.69) is 0 Å². The van der Waals surface area contributed by atoms with E-state index in [1.807, 2.05) is 25.1 Å². The standard InChI is InChI=1S/C19H25NO5S/c1-13-15(19(22)23)4-2-8-20(13)18(21)7-11-26-14-5-6-16-17(12-14)25-10-3-9-24-16/h5-6,12-13,15H,2-4,7-11H2,1H3,(H,22,23)/t13-,15-/m1/s1. The van der Waals surface area contributed by atoms with Crippen LogP contribution in [0.15, 0.2) is 23.1 Å². The zero-order valence-corrected chi connectivity index (χ0v) is 15.8. The van der Waals surface area contributed by atoms with Gasteiger partial charge in [0.05, 0.1) is 19.1 Å². The van der Waals surface area contributed by atoms with Gasteiger partial charge in [-0.15, -0.1) is 11.8 Å². The van der Waals surface area contributed by atoms with Crippen molar-refractivity contribution in [3.8, 4) is 11.5 Å². The smallest absolute Gasteiger partial charge is 0.308 e. The number of carboxylic acids is 1. The second-order valence-corrected chi connectivity index (χ2v) is 7.84. The monoisotopic (exact) mass is 379 g/mol. The summed E-state index contributed by atoms with van der Waals surface area (Å²) in [6.07, 6.45) is 2.67. The molecule has 142 valence electrons. The largest absolute Gasteiger partial charge is 0.490 e. The van der Waals surface area contributed by atoms with Gasteiger partial charge < -0.3 is 19.5 Å². The van der Waals surface area contributed by atoms with Gasteiger partial charge in [0, 0.05) is 36.1 Å². The van der Waals surface area contributed by atoms with E-state index in [1.165, 1.54) is 0 Å². The molecule has 7 heteroatoms. The third-order valence-corrected chi connectivity index (χ3v) is 5.92. The zero-order valence-electron chi connectivity index (χ0n) is 15.0. The first-order chi connectivity index (χ1) is 12.6. The molecule has 1 aromatic carbocycles. The minimum Gasteiger partial charge on any atom is -0.490 e. The Balaban J connectivity index is 1.52. The number of aliphatic carboxylic acids is 1. The highest BCUT2D eigenvalue weighted by Gasteiger charge is 2.34. The first-order valence-corrected chi connectivity index (χ1v) is 10.1. The maximum atomic E-state index is 12.5. The van der Waals surface area contributed by atoms with Gasteiger partial charge in [-0.05, 0) is 38.0 Å². The van der Waals surface area contributed by atoms with E-state index in [9.17, 15) is 14.7 Å². The molecule has 0 unspecified atom stereocenters. The van der Waals surface area contributed by atoms with Crippen molar-refractivity contribution in [2.45, 2.75) is 43.5 Å². The molecule has 0 bridgehead atoms. The average molecular weight is 379 g/mol. The van der Waals surface area contributed by atoms with Crippen molar-refractivity contribution in [3.63, 3.8) is 0 Å². The Hall–Kier alpha value is -1.89. The molecule has 0 spiro atoms. The fourth-order valence-corrected chi connectivity index (χ4v) is 4.33. The molecule has 1 saturated heterocycles. The third-order valence-electron chi connectivity index (χ3n) is 4.93. The lowest BCUT2D eigenvalue weighted by Gasteiger charge is -2.37. The molecule has 2 aliphatic rings. The molecular formula is C19H25NO5S. The maximum Gasteiger partial charge on any atom is 0.308 e. The molecular weight excluding hydrogens is 354 g/mol. The second-order valence-electron chi connectivity index (χ2n) is 6.67. The summed E-state index contributed by atoms with van der Waals surface area (Å²) in [6.45, 7) is 3.81. The van der Waals surface area contributed by atoms with E-state index in [0.29, 0.717) is 38.4 Å². The van der Waals surface area contributed by atoms with Crippen LogP contribution in [0.25, 0.3) is 0 Å². The van der Waals surface area contributed by atoms with Crippen LogP contribution in [0, 0.1) is 5.92 Å². The van der Waals surface area contributed by atoms with Gasteiger partial charge in [0.15, 0.2) is 11.5 Å². The van der Waals surface area contributed by atoms with Crippen LogP contribution in [-0.4, -0.2) is 53.4 Å². The SMILES string of the molecule is C[C@@H]1[C@H](C(=O)O)CCCN1C(=O)CCSc1ccc2c(c1)OCCCO2. The van der Waals surface area contributed by atoms with Gasteiger partial charge in [-0.2, -0.15) is 0 Å². The van der Waals surface area contributed by atoms with Crippen molar-refractivity contribution >= 4 is 23.6 Å². The molecule has 26 heavy (non-hydrogen) atoms. The first-order valence-electron chi connectivity index (χ1n) is 9.11. The third kappa shape index (κ3) is 4.44. The van der Waals surface area contributed by atoms with Crippen LogP contribution >= 0.6 is 11.8 Å². The fraction of sp³-hybridized carbons (Fsp3) is 0.579. The molecule has 2 aliphatic heterocycles. The quantitative estimate of drug-likeness (QED) is 0.793. The Labute approximate surface area is 157 Å². The average Bonchev–Trinajstić information content (AvgIpc) is 2.86.